The molecule has 0 saturated heterocycles. The molecule has 0 radical (unpaired) electrons. The first-order chi connectivity index (χ1) is 6.27. The Morgan fingerprint density at radius 2 is 2.31 bits per heavy atom. The lowest BCUT2D eigenvalue weighted by Gasteiger charge is -1.95. The molecule has 0 aliphatic heterocycles. The Morgan fingerprint density at radius 1 is 1.54 bits per heavy atom. The maximum atomic E-state index is 13.1. The number of nitriles is 1. The molecule has 0 N–H and O–H groups in total. The Balaban J connectivity index is 3.00. The van der Waals surface area contributed by atoms with Crippen LogP contribution in [0.5, 0.6) is 0 Å². The fourth-order valence-corrected chi connectivity index (χ4v) is 0.992. The summed E-state index contributed by atoms with van der Waals surface area (Å²) >= 11 is 5.40. The third kappa shape index (κ3) is 2.57. The molecule has 66 valence electrons. The molecule has 0 aliphatic carbocycles. The maximum Gasteiger partial charge on any atom is 0.131 e. The molecule has 13 heavy (non-hydrogen) atoms. The van der Waals surface area contributed by atoms with Crippen molar-refractivity contribution in [1.29, 1.82) is 5.26 Å². The van der Waals surface area contributed by atoms with Crippen LogP contribution in [0.3, 0.4) is 0 Å². The third-order valence-electron chi connectivity index (χ3n) is 1.52. The van der Waals surface area contributed by atoms with Crippen LogP contribution in [0.25, 0.3) is 6.08 Å². The molecule has 1 nitrogen and oxygen atoms in total. The van der Waals surface area contributed by atoms with Gasteiger partial charge in [-0.3, -0.25) is 0 Å². The molecule has 1 aromatic rings. The SMILES string of the molecule is N#Cc1ccc(C=CCCl)c(F)c1. The van der Waals surface area contributed by atoms with Gasteiger partial charge < -0.3 is 0 Å². The van der Waals surface area contributed by atoms with Crippen molar-refractivity contribution in [2.75, 3.05) is 5.88 Å². The van der Waals surface area contributed by atoms with Crippen molar-refractivity contribution in [2.45, 2.75) is 0 Å². The number of halogens is 2. The highest BCUT2D eigenvalue weighted by Crippen LogP contribution is 2.11. The zero-order valence-electron chi connectivity index (χ0n) is 6.80. The van der Waals surface area contributed by atoms with Crippen molar-refractivity contribution in [3.8, 4) is 6.07 Å². The summed E-state index contributed by atoms with van der Waals surface area (Å²) in [6, 6.07) is 6.18. The van der Waals surface area contributed by atoms with E-state index in [1.165, 1.54) is 6.07 Å². The van der Waals surface area contributed by atoms with Crippen LogP contribution >= 0.6 is 11.6 Å². The Labute approximate surface area is 81.1 Å². The topological polar surface area (TPSA) is 23.8 Å². The van der Waals surface area contributed by atoms with Gasteiger partial charge in [-0.1, -0.05) is 18.2 Å². The van der Waals surface area contributed by atoms with E-state index in [-0.39, 0.29) is 0 Å². The number of nitrogens with zero attached hydrogens (tertiary/aromatic N) is 1. The van der Waals surface area contributed by atoms with E-state index >= 15 is 0 Å². The van der Waals surface area contributed by atoms with Gasteiger partial charge in [-0.15, -0.1) is 11.6 Å². The maximum absolute atomic E-state index is 13.1. The summed E-state index contributed by atoms with van der Waals surface area (Å²) in [5, 5.41) is 8.47. The average Bonchev–Trinajstić information content (AvgIpc) is 2.16. The Bertz CT molecular complexity index is 366. The van der Waals surface area contributed by atoms with Crippen molar-refractivity contribution in [1.82, 2.24) is 0 Å². The van der Waals surface area contributed by atoms with Crippen LogP contribution in [0, 0.1) is 17.1 Å². The summed E-state index contributed by atoms with van der Waals surface area (Å²) in [6.07, 6.45) is 3.23. The highest BCUT2D eigenvalue weighted by atomic mass is 35.5. The van der Waals surface area contributed by atoms with Gasteiger partial charge in [0.1, 0.15) is 5.82 Å². The van der Waals surface area contributed by atoms with Crippen LogP contribution in [0.4, 0.5) is 4.39 Å². The summed E-state index contributed by atoms with van der Waals surface area (Å²) < 4.78 is 13.1. The van der Waals surface area contributed by atoms with Gasteiger partial charge in [0.25, 0.3) is 0 Å². The molecule has 0 heterocycles. The van der Waals surface area contributed by atoms with E-state index < -0.39 is 5.82 Å². The Hall–Kier alpha value is -1.33. The van der Waals surface area contributed by atoms with E-state index in [9.17, 15) is 4.39 Å². The highest BCUT2D eigenvalue weighted by molar-refractivity contribution is 6.19. The molecule has 3 heteroatoms. The number of rotatable bonds is 2. The highest BCUT2D eigenvalue weighted by Gasteiger charge is 1.99. The number of benzene rings is 1. The molecule has 1 rings (SSSR count). The van der Waals surface area contributed by atoms with E-state index in [1.54, 1.807) is 24.3 Å². The lowest BCUT2D eigenvalue weighted by molar-refractivity contribution is 0.624. The Kier molecular flexibility index (Phi) is 3.48. The van der Waals surface area contributed by atoms with Gasteiger partial charge in [0, 0.05) is 11.4 Å². The van der Waals surface area contributed by atoms with Gasteiger partial charge >= 0.3 is 0 Å². The standard InChI is InChI=1S/C10H7ClFN/c11-5-1-2-9-4-3-8(7-13)6-10(9)12/h1-4,6H,5H2. The second-order valence-electron chi connectivity index (χ2n) is 2.40. The fraction of sp³-hybridized carbons (Fsp3) is 0.100. The molecule has 0 aromatic heterocycles. The molecular formula is C10H7ClFN. The summed E-state index contributed by atoms with van der Waals surface area (Å²) in [6.45, 7) is 0. The van der Waals surface area contributed by atoms with Crippen molar-refractivity contribution >= 4 is 17.7 Å². The van der Waals surface area contributed by atoms with E-state index in [1.807, 2.05) is 6.07 Å². The summed E-state index contributed by atoms with van der Waals surface area (Å²) in [7, 11) is 0. The van der Waals surface area contributed by atoms with E-state index in [2.05, 4.69) is 0 Å². The number of alkyl halides is 1. The smallest absolute Gasteiger partial charge is 0.131 e. The average molecular weight is 196 g/mol. The molecule has 0 aliphatic rings. The second-order valence-corrected chi connectivity index (χ2v) is 2.71. The summed E-state index contributed by atoms with van der Waals surface area (Å²) in [4.78, 5) is 0. The van der Waals surface area contributed by atoms with Crippen molar-refractivity contribution < 1.29 is 4.39 Å². The molecule has 0 fully saturated rings. The zero-order valence-corrected chi connectivity index (χ0v) is 7.55. The predicted molar refractivity (Wildman–Crippen MR) is 50.9 cm³/mol. The number of hydrogen-bond acceptors (Lipinski definition) is 1. The quantitative estimate of drug-likeness (QED) is 0.666. The van der Waals surface area contributed by atoms with Gasteiger partial charge in [-0.2, -0.15) is 5.26 Å². The predicted octanol–water partition coefficient (Wildman–Crippen LogP) is 2.95. The molecule has 0 bridgehead atoms. The van der Waals surface area contributed by atoms with Gasteiger partial charge in [0.05, 0.1) is 11.6 Å². The first kappa shape index (κ1) is 9.76. The first-order valence-corrected chi connectivity index (χ1v) is 4.23. The largest absolute Gasteiger partial charge is 0.206 e. The van der Waals surface area contributed by atoms with Crippen LogP contribution in [-0.4, -0.2) is 5.88 Å². The molecule has 0 saturated carbocycles. The lowest BCUT2D eigenvalue weighted by Crippen LogP contribution is -1.83. The minimum atomic E-state index is -0.402. The molecule has 0 atom stereocenters. The van der Waals surface area contributed by atoms with Crippen molar-refractivity contribution in [2.24, 2.45) is 0 Å². The third-order valence-corrected chi connectivity index (χ3v) is 1.69. The minimum Gasteiger partial charge on any atom is -0.206 e. The van der Waals surface area contributed by atoms with Crippen molar-refractivity contribution in [3.05, 3.63) is 41.2 Å². The summed E-state index contributed by atoms with van der Waals surface area (Å²) in [5.74, 6) is -0.0557. The monoisotopic (exact) mass is 195 g/mol. The van der Waals surface area contributed by atoms with Gasteiger partial charge in [0.2, 0.25) is 0 Å². The first-order valence-electron chi connectivity index (χ1n) is 3.70. The number of allylic oxidation sites excluding steroid dienone is 1. The van der Waals surface area contributed by atoms with Crippen molar-refractivity contribution in [3.63, 3.8) is 0 Å². The minimum absolute atomic E-state index is 0.320. The zero-order chi connectivity index (χ0) is 9.68. The molecule has 0 spiro atoms. The van der Waals surface area contributed by atoms with Crippen LogP contribution in [-0.2, 0) is 0 Å². The molecule has 1 aromatic carbocycles. The summed E-state index contributed by atoms with van der Waals surface area (Å²) in [5.41, 5.74) is 0.764. The molecular weight excluding hydrogens is 189 g/mol. The molecule has 0 unspecified atom stereocenters. The normalized spacial score (nSPS) is 10.2. The lowest BCUT2D eigenvalue weighted by atomic mass is 10.1. The van der Waals surface area contributed by atoms with E-state index in [4.69, 9.17) is 16.9 Å². The molecule has 0 amide bonds. The van der Waals surface area contributed by atoms with E-state index in [0.29, 0.717) is 17.0 Å². The Morgan fingerprint density at radius 3 is 2.85 bits per heavy atom. The van der Waals surface area contributed by atoms with Crippen LogP contribution in [0.1, 0.15) is 11.1 Å². The second kappa shape index (κ2) is 4.64. The van der Waals surface area contributed by atoms with Crippen LogP contribution in [0.2, 0.25) is 0 Å². The van der Waals surface area contributed by atoms with Gasteiger partial charge in [-0.05, 0) is 12.1 Å². The van der Waals surface area contributed by atoms with Gasteiger partial charge in [-0.25, -0.2) is 4.39 Å². The number of hydrogen-bond donors (Lipinski definition) is 0. The van der Waals surface area contributed by atoms with E-state index in [0.717, 1.165) is 0 Å². The van der Waals surface area contributed by atoms with Crippen LogP contribution in [0.15, 0.2) is 24.3 Å². The van der Waals surface area contributed by atoms with Gasteiger partial charge in [0.15, 0.2) is 0 Å². The fourth-order valence-electron chi connectivity index (χ4n) is 0.903. The van der Waals surface area contributed by atoms with Crippen LogP contribution < -0.4 is 0 Å².